The third kappa shape index (κ3) is 2.44. The number of alkyl halides is 1. The Hall–Kier alpha value is -0.630. The van der Waals surface area contributed by atoms with Gasteiger partial charge in [0.2, 0.25) is 0 Å². The van der Waals surface area contributed by atoms with Crippen molar-refractivity contribution in [2.45, 2.75) is 45.4 Å². The Morgan fingerprint density at radius 2 is 2.07 bits per heavy atom. The molecule has 0 aliphatic rings. The molecule has 78 valence electrons. The van der Waals surface area contributed by atoms with E-state index < -0.39 is 0 Å². The van der Waals surface area contributed by atoms with Gasteiger partial charge >= 0.3 is 0 Å². The number of nitrogens with zero attached hydrogens (tertiary/aromatic N) is 2. The summed E-state index contributed by atoms with van der Waals surface area (Å²) in [5.41, 5.74) is 2.02. The van der Waals surface area contributed by atoms with E-state index in [2.05, 4.69) is 23.8 Å². The van der Waals surface area contributed by atoms with Crippen molar-refractivity contribution in [1.29, 1.82) is 0 Å². The molecule has 0 aromatic carbocycles. The lowest BCUT2D eigenvalue weighted by Gasteiger charge is -2.11. The minimum atomic E-state index is -0.0130. The maximum Gasteiger partial charge on any atom is 0.131 e. The van der Waals surface area contributed by atoms with E-state index in [4.69, 9.17) is 11.6 Å². The van der Waals surface area contributed by atoms with Crippen LogP contribution in [0, 0.1) is 6.92 Å². The molecule has 0 fully saturated rings. The molecular weight excluding hydrogens is 196 g/mol. The molecule has 0 aliphatic carbocycles. The molecule has 0 saturated carbocycles. The molecule has 14 heavy (non-hydrogen) atoms. The molecule has 0 bridgehead atoms. The summed E-state index contributed by atoms with van der Waals surface area (Å²) in [5.74, 6) is 1.35. The van der Waals surface area contributed by atoms with Crippen molar-refractivity contribution in [2.24, 2.45) is 0 Å². The third-order valence-corrected chi connectivity index (χ3v) is 2.75. The van der Waals surface area contributed by atoms with Crippen molar-refractivity contribution in [1.82, 2.24) is 9.97 Å². The van der Waals surface area contributed by atoms with Gasteiger partial charge in [-0.25, -0.2) is 9.97 Å². The maximum absolute atomic E-state index is 5.99. The van der Waals surface area contributed by atoms with Gasteiger partial charge in [-0.15, -0.1) is 11.6 Å². The third-order valence-electron chi connectivity index (χ3n) is 2.52. The zero-order chi connectivity index (χ0) is 10.7. The molecule has 0 aliphatic heterocycles. The van der Waals surface area contributed by atoms with Gasteiger partial charge in [0.25, 0.3) is 0 Å². The Labute approximate surface area is 90.7 Å². The fraction of sp³-hybridized carbons (Fsp3) is 0.636. The van der Waals surface area contributed by atoms with E-state index in [9.17, 15) is 0 Å². The molecule has 3 heteroatoms. The lowest BCUT2D eigenvalue weighted by molar-refractivity contribution is 0.670. The molecule has 0 saturated heterocycles. The summed E-state index contributed by atoms with van der Waals surface area (Å²) in [6.45, 7) is 8.21. The average molecular weight is 213 g/mol. The number of hydrogen-bond donors (Lipinski definition) is 0. The van der Waals surface area contributed by atoms with Gasteiger partial charge < -0.3 is 0 Å². The van der Waals surface area contributed by atoms with Crippen molar-refractivity contribution >= 4 is 11.6 Å². The van der Waals surface area contributed by atoms with Gasteiger partial charge in [0.15, 0.2) is 0 Å². The predicted octanol–water partition coefficient (Wildman–Crippen LogP) is 3.60. The fourth-order valence-corrected chi connectivity index (χ4v) is 1.52. The molecule has 1 aromatic rings. The van der Waals surface area contributed by atoms with Crippen LogP contribution in [0.5, 0.6) is 0 Å². The first-order valence-electron chi connectivity index (χ1n) is 5.03. The molecule has 2 unspecified atom stereocenters. The highest BCUT2D eigenvalue weighted by atomic mass is 35.5. The molecular formula is C11H17ClN2. The highest BCUT2D eigenvalue weighted by Gasteiger charge is 2.11. The Bertz CT molecular complexity index is 310. The molecule has 0 N–H and O–H groups in total. The first kappa shape index (κ1) is 11.4. The first-order chi connectivity index (χ1) is 6.56. The van der Waals surface area contributed by atoms with Crippen LogP contribution in [-0.4, -0.2) is 9.97 Å². The van der Waals surface area contributed by atoms with Crippen LogP contribution in [-0.2, 0) is 0 Å². The van der Waals surface area contributed by atoms with E-state index in [1.54, 1.807) is 0 Å². The Morgan fingerprint density at radius 1 is 1.43 bits per heavy atom. The second-order valence-corrected chi connectivity index (χ2v) is 4.35. The first-order valence-corrected chi connectivity index (χ1v) is 5.47. The predicted molar refractivity (Wildman–Crippen MR) is 59.7 cm³/mol. The van der Waals surface area contributed by atoms with E-state index in [1.807, 2.05) is 20.0 Å². The lowest BCUT2D eigenvalue weighted by atomic mass is 10.1. The van der Waals surface area contributed by atoms with Crippen molar-refractivity contribution in [3.05, 3.63) is 23.3 Å². The number of halogens is 1. The van der Waals surface area contributed by atoms with Crippen LogP contribution in [0.3, 0.4) is 0 Å². The molecule has 0 spiro atoms. The van der Waals surface area contributed by atoms with Crippen LogP contribution >= 0.6 is 11.6 Å². The van der Waals surface area contributed by atoms with Crippen LogP contribution in [0.15, 0.2) is 6.20 Å². The Balaban J connectivity index is 3.00. The van der Waals surface area contributed by atoms with Crippen molar-refractivity contribution < 1.29 is 0 Å². The molecule has 0 amide bonds. The molecule has 2 nitrogen and oxygen atoms in total. The average Bonchev–Trinajstić information content (AvgIpc) is 2.15. The van der Waals surface area contributed by atoms with E-state index in [0.29, 0.717) is 5.92 Å². The summed E-state index contributed by atoms with van der Waals surface area (Å²) in [6, 6.07) is 0. The topological polar surface area (TPSA) is 25.8 Å². The highest BCUT2D eigenvalue weighted by Crippen LogP contribution is 2.22. The summed E-state index contributed by atoms with van der Waals surface area (Å²) < 4.78 is 0. The van der Waals surface area contributed by atoms with Gasteiger partial charge in [-0.05, 0) is 20.3 Å². The molecule has 0 radical (unpaired) electrons. The van der Waals surface area contributed by atoms with E-state index in [0.717, 1.165) is 23.5 Å². The van der Waals surface area contributed by atoms with Crippen LogP contribution in [0.2, 0.25) is 0 Å². The zero-order valence-electron chi connectivity index (χ0n) is 9.21. The largest absolute Gasteiger partial charge is 0.241 e. The quantitative estimate of drug-likeness (QED) is 0.716. The van der Waals surface area contributed by atoms with Gasteiger partial charge in [0.05, 0.1) is 5.38 Å². The van der Waals surface area contributed by atoms with Gasteiger partial charge in [-0.3, -0.25) is 0 Å². The van der Waals surface area contributed by atoms with Gasteiger partial charge in [-0.2, -0.15) is 0 Å². The van der Waals surface area contributed by atoms with Gasteiger partial charge in [0.1, 0.15) is 5.82 Å². The van der Waals surface area contributed by atoms with Crippen LogP contribution in [0.1, 0.15) is 55.6 Å². The minimum absolute atomic E-state index is 0.0130. The van der Waals surface area contributed by atoms with Gasteiger partial charge in [-0.1, -0.05) is 13.8 Å². The summed E-state index contributed by atoms with van der Waals surface area (Å²) in [6.07, 6.45) is 2.91. The maximum atomic E-state index is 5.99. The van der Waals surface area contributed by atoms with E-state index >= 15 is 0 Å². The monoisotopic (exact) mass is 212 g/mol. The van der Waals surface area contributed by atoms with E-state index in [1.165, 1.54) is 0 Å². The normalized spacial score (nSPS) is 15.2. The number of hydrogen-bond acceptors (Lipinski definition) is 2. The second-order valence-electron chi connectivity index (χ2n) is 3.69. The number of rotatable bonds is 3. The zero-order valence-corrected chi connectivity index (χ0v) is 9.97. The van der Waals surface area contributed by atoms with E-state index in [-0.39, 0.29) is 5.38 Å². The Kier molecular flexibility index (Phi) is 3.87. The Morgan fingerprint density at radius 3 is 2.50 bits per heavy atom. The molecule has 1 aromatic heterocycles. The summed E-state index contributed by atoms with van der Waals surface area (Å²) in [7, 11) is 0. The minimum Gasteiger partial charge on any atom is -0.241 e. The standard InChI is InChI=1S/C11H17ClN2/c1-5-7(2)11-13-6-10(8(3)12)9(4)14-11/h6-8H,5H2,1-4H3. The molecule has 1 heterocycles. The smallest absolute Gasteiger partial charge is 0.131 e. The SMILES string of the molecule is CCC(C)c1ncc(C(C)Cl)c(C)n1. The lowest BCUT2D eigenvalue weighted by Crippen LogP contribution is -2.04. The highest BCUT2D eigenvalue weighted by molar-refractivity contribution is 6.20. The van der Waals surface area contributed by atoms with Crippen molar-refractivity contribution in [2.75, 3.05) is 0 Å². The second kappa shape index (κ2) is 4.74. The summed E-state index contributed by atoms with van der Waals surface area (Å²) in [4.78, 5) is 8.81. The van der Waals surface area contributed by atoms with Crippen LogP contribution < -0.4 is 0 Å². The summed E-state index contributed by atoms with van der Waals surface area (Å²) in [5, 5.41) is -0.0130. The molecule has 2 atom stereocenters. The summed E-state index contributed by atoms with van der Waals surface area (Å²) >= 11 is 5.99. The van der Waals surface area contributed by atoms with Crippen LogP contribution in [0.4, 0.5) is 0 Å². The van der Waals surface area contributed by atoms with Crippen LogP contribution in [0.25, 0.3) is 0 Å². The number of aromatic nitrogens is 2. The molecule has 1 rings (SSSR count). The van der Waals surface area contributed by atoms with Crippen molar-refractivity contribution in [3.63, 3.8) is 0 Å². The van der Waals surface area contributed by atoms with Crippen molar-refractivity contribution in [3.8, 4) is 0 Å². The number of aryl methyl sites for hydroxylation is 1. The van der Waals surface area contributed by atoms with Gasteiger partial charge in [0, 0.05) is 23.4 Å². The fourth-order valence-electron chi connectivity index (χ4n) is 1.30.